The molecule has 2 rings (SSSR count). The first-order chi connectivity index (χ1) is 7.79. The maximum Gasteiger partial charge on any atom is 0.00672 e. The van der Waals surface area contributed by atoms with Crippen LogP contribution in [0.25, 0.3) is 0 Å². The highest BCUT2D eigenvalue weighted by Gasteiger charge is 2.27. The monoisotopic (exact) mass is 223 g/mol. The van der Waals surface area contributed by atoms with Crippen LogP contribution in [0.1, 0.15) is 71.1 Å². The van der Waals surface area contributed by atoms with Crippen LogP contribution in [0, 0.1) is 17.8 Å². The van der Waals surface area contributed by atoms with Crippen LogP contribution in [-0.4, -0.2) is 6.04 Å². The van der Waals surface area contributed by atoms with Gasteiger partial charge in [0.25, 0.3) is 0 Å². The molecule has 0 amide bonds. The van der Waals surface area contributed by atoms with E-state index < -0.39 is 0 Å². The van der Waals surface area contributed by atoms with Gasteiger partial charge in [-0.25, -0.2) is 0 Å². The molecule has 16 heavy (non-hydrogen) atoms. The first-order valence-electron chi connectivity index (χ1n) is 7.55. The zero-order valence-corrected chi connectivity index (χ0v) is 11.0. The second-order valence-electron chi connectivity index (χ2n) is 6.25. The standard InChI is InChI=1S/C15H29N/c1-2-3-12-6-9-14(10-7-12)15(16)11-8-13-4-5-13/h12-15H,2-11,16H2,1H3. The molecule has 0 saturated heterocycles. The van der Waals surface area contributed by atoms with Gasteiger partial charge in [-0.1, -0.05) is 45.4 Å². The van der Waals surface area contributed by atoms with Gasteiger partial charge >= 0.3 is 0 Å². The van der Waals surface area contributed by atoms with Gasteiger partial charge in [0.05, 0.1) is 0 Å². The van der Waals surface area contributed by atoms with E-state index in [4.69, 9.17) is 5.73 Å². The summed E-state index contributed by atoms with van der Waals surface area (Å²) in [5.74, 6) is 2.94. The Morgan fingerprint density at radius 3 is 2.06 bits per heavy atom. The van der Waals surface area contributed by atoms with Crippen molar-refractivity contribution < 1.29 is 0 Å². The van der Waals surface area contributed by atoms with Crippen LogP contribution in [0.2, 0.25) is 0 Å². The van der Waals surface area contributed by atoms with E-state index in [2.05, 4.69) is 6.92 Å². The highest BCUT2D eigenvalue weighted by molar-refractivity contribution is 4.82. The highest BCUT2D eigenvalue weighted by Crippen LogP contribution is 2.37. The summed E-state index contributed by atoms with van der Waals surface area (Å²) in [5, 5.41) is 0. The first-order valence-corrected chi connectivity index (χ1v) is 7.55. The number of hydrogen-bond donors (Lipinski definition) is 1. The van der Waals surface area contributed by atoms with Crippen LogP contribution in [0.15, 0.2) is 0 Å². The van der Waals surface area contributed by atoms with E-state index >= 15 is 0 Å². The zero-order valence-electron chi connectivity index (χ0n) is 11.0. The third-order valence-corrected chi connectivity index (χ3v) is 4.80. The van der Waals surface area contributed by atoms with Crippen LogP contribution >= 0.6 is 0 Å². The van der Waals surface area contributed by atoms with E-state index in [1.165, 1.54) is 64.2 Å². The van der Waals surface area contributed by atoms with Gasteiger partial charge in [-0.05, 0) is 43.4 Å². The summed E-state index contributed by atoms with van der Waals surface area (Å²) in [7, 11) is 0. The van der Waals surface area contributed by atoms with Crippen molar-refractivity contribution in [1.29, 1.82) is 0 Å². The molecule has 1 heteroatoms. The summed E-state index contributed by atoms with van der Waals surface area (Å²) in [4.78, 5) is 0. The van der Waals surface area contributed by atoms with Crippen molar-refractivity contribution in [2.45, 2.75) is 77.2 Å². The molecule has 0 spiro atoms. The molecular formula is C15H29N. The summed E-state index contributed by atoms with van der Waals surface area (Å²) < 4.78 is 0. The Bertz CT molecular complexity index is 190. The lowest BCUT2D eigenvalue weighted by molar-refractivity contribution is 0.225. The van der Waals surface area contributed by atoms with Crippen molar-refractivity contribution in [1.82, 2.24) is 0 Å². The first kappa shape index (κ1) is 12.4. The Balaban J connectivity index is 1.62. The Morgan fingerprint density at radius 2 is 1.50 bits per heavy atom. The number of hydrogen-bond acceptors (Lipinski definition) is 1. The molecule has 1 unspecified atom stereocenters. The predicted molar refractivity (Wildman–Crippen MR) is 70.3 cm³/mol. The van der Waals surface area contributed by atoms with Gasteiger partial charge in [0.15, 0.2) is 0 Å². The molecule has 0 aromatic carbocycles. The molecule has 0 bridgehead atoms. The fourth-order valence-electron chi connectivity index (χ4n) is 3.38. The van der Waals surface area contributed by atoms with Gasteiger partial charge in [0.2, 0.25) is 0 Å². The number of rotatable bonds is 6. The van der Waals surface area contributed by atoms with E-state index in [0.717, 1.165) is 17.8 Å². The molecule has 0 aliphatic heterocycles. The molecule has 2 aliphatic carbocycles. The van der Waals surface area contributed by atoms with Crippen molar-refractivity contribution >= 4 is 0 Å². The lowest BCUT2D eigenvalue weighted by Crippen LogP contribution is -2.33. The van der Waals surface area contributed by atoms with Crippen molar-refractivity contribution in [2.75, 3.05) is 0 Å². The van der Waals surface area contributed by atoms with Crippen LogP contribution < -0.4 is 5.73 Å². The second-order valence-corrected chi connectivity index (χ2v) is 6.25. The lowest BCUT2D eigenvalue weighted by Gasteiger charge is -2.32. The van der Waals surface area contributed by atoms with E-state index in [1.807, 2.05) is 0 Å². The van der Waals surface area contributed by atoms with Crippen molar-refractivity contribution in [3.63, 3.8) is 0 Å². The normalized spacial score (nSPS) is 32.6. The molecule has 0 aromatic heterocycles. The minimum atomic E-state index is 0.517. The SMILES string of the molecule is CCCC1CCC(C(N)CCC2CC2)CC1. The fraction of sp³-hybridized carbons (Fsp3) is 1.00. The molecule has 2 saturated carbocycles. The fourth-order valence-corrected chi connectivity index (χ4v) is 3.38. The zero-order chi connectivity index (χ0) is 11.4. The van der Waals surface area contributed by atoms with Crippen molar-refractivity contribution in [2.24, 2.45) is 23.5 Å². The van der Waals surface area contributed by atoms with E-state index in [1.54, 1.807) is 0 Å². The smallest absolute Gasteiger partial charge is 0.00672 e. The van der Waals surface area contributed by atoms with Crippen LogP contribution in [0.3, 0.4) is 0 Å². The van der Waals surface area contributed by atoms with Gasteiger partial charge < -0.3 is 5.73 Å². The van der Waals surface area contributed by atoms with Crippen molar-refractivity contribution in [3.05, 3.63) is 0 Å². The Morgan fingerprint density at radius 1 is 0.938 bits per heavy atom. The summed E-state index contributed by atoms with van der Waals surface area (Å²) in [6, 6.07) is 0.517. The van der Waals surface area contributed by atoms with Crippen LogP contribution in [-0.2, 0) is 0 Å². The van der Waals surface area contributed by atoms with Gasteiger partial charge in [-0.2, -0.15) is 0 Å². The average Bonchev–Trinajstić information content (AvgIpc) is 3.11. The predicted octanol–water partition coefficient (Wildman–Crippen LogP) is 4.11. The highest BCUT2D eigenvalue weighted by atomic mass is 14.7. The largest absolute Gasteiger partial charge is 0.327 e. The van der Waals surface area contributed by atoms with Crippen LogP contribution in [0.5, 0.6) is 0 Å². The third-order valence-electron chi connectivity index (χ3n) is 4.80. The van der Waals surface area contributed by atoms with Gasteiger partial charge in [-0.15, -0.1) is 0 Å². The number of nitrogens with two attached hydrogens (primary N) is 1. The summed E-state index contributed by atoms with van der Waals surface area (Å²) in [6.45, 7) is 2.31. The maximum atomic E-state index is 6.34. The summed E-state index contributed by atoms with van der Waals surface area (Å²) >= 11 is 0. The minimum Gasteiger partial charge on any atom is -0.327 e. The molecule has 0 heterocycles. The third kappa shape index (κ3) is 3.76. The van der Waals surface area contributed by atoms with Gasteiger partial charge in [0, 0.05) is 6.04 Å². The minimum absolute atomic E-state index is 0.517. The topological polar surface area (TPSA) is 26.0 Å². The van der Waals surface area contributed by atoms with Crippen molar-refractivity contribution in [3.8, 4) is 0 Å². The van der Waals surface area contributed by atoms with Gasteiger partial charge in [0.1, 0.15) is 0 Å². The molecule has 1 nitrogen and oxygen atoms in total. The van der Waals surface area contributed by atoms with E-state index in [-0.39, 0.29) is 0 Å². The molecule has 0 radical (unpaired) electrons. The van der Waals surface area contributed by atoms with E-state index in [0.29, 0.717) is 6.04 Å². The molecule has 94 valence electrons. The second kappa shape index (κ2) is 6.05. The molecule has 2 fully saturated rings. The quantitative estimate of drug-likeness (QED) is 0.720. The molecule has 0 aromatic rings. The summed E-state index contributed by atoms with van der Waals surface area (Å²) in [6.07, 6.45) is 14.2. The Kier molecular flexibility index (Phi) is 4.69. The van der Waals surface area contributed by atoms with E-state index in [9.17, 15) is 0 Å². The summed E-state index contributed by atoms with van der Waals surface area (Å²) in [5.41, 5.74) is 6.34. The lowest BCUT2D eigenvalue weighted by atomic mass is 9.76. The molecule has 2 N–H and O–H groups in total. The Hall–Kier alpha value is -0.0400. The molecule has 1 atom stereocenters. The maximum absolute atomic E-state index is 6.34. The Labute approximate surface area is 101 Å². The molecule has 2 aliphatic rings. The van der Waals surface area contributed by atoms with Gasteiger partial charge in [-0.3, -0.25) is 0 Å². The van der Waals surface area contributed by atoms with Crippen LogP contribution in [0.4, 0.5) is 0 Å². The average molecular weight is 223 g/mol. The molecular weight excluding hydrogens is 194 g/mol.